The summed E-state index contributed by atoms with van der Waals surface area (Å²) in [7, 11) is 1.92. The highest BCUT2D eigenvalue weighted by atomic mass is 16.5. The smallest absolute Gasteiger partial charge is 0.323 e. The van der Waals surface area contributed by atoms with E-state index in [0.29, 0.717) is 0 Å². The van der Waals surface area contributed by atoms with E-state index in [4.69, 9.17) is 4.52 Å². The predicted octanol–water partition coefficient (Wildman–Crippen LogP) is 3.15. The second-order valence-electron chi connectivity index (χ2n) is 6.39. The molecule has 7 heteroatoms. The van der Waals surface area contributed by atoms with Crippen LogP contribution in [0.3, 0.4) is 0 Å². The van der Waals surface area contributed by atoms with Crippen LogP contribution in [0.1, 0.15) is 22.8 Å². The number of rotatable bonds is 2. The van der Waals surface area contributed by atoms with E-state index < -0.39 is 0 Å². The number of benzene rings is 1. The van der Waals surface area contributed by atoms with Crippen molar-refractivity contribution in [2.24, 2.45) is 7.05 Å². The summed E-state index contributed by atoms with van der Waals surface area (Å²) in [5.74, 6) is 0.750. The fraction of sp³-hybridized carbons (Fsp3) is 0.278. The van der Waals surface area contributed by atoms with Crippen LogP contribution >= 0.6 is 0 Å². The Bertz CT molecular complexity index is 1150. The fourth-order valence-electron chi connectivity index (χ4n) is 3.54. The molecule has 0 radical (unpaired) electrons. The first-order valence-electron chi connectivity index (χ1n) is 8.06. The summed E-state index contributed by atoms with van der Waals surface area (Å²) in [4.78, 5) is 17.7. The van der Waals surface area contributed by atoms with E-state index in [1.165, 1.54) is 0 Å². The van der Waals surface area contributed by atoms with E-state index in [-0.39, 0.29) is 5.69 Å². The number of fused-ring (bicyclic) bond motifs is 1. The minimum absolute atomic E-state index is 0.230. The number of aromatic nitrogens is 5. The van der Waals surface area contributed by atoms with Crippen molar-refractivity contribution < 1.29 is 4.52 Å². The van der Waals surface area contributed by atoms with Crippen molar-refractivity contribution in [2.45, 2.75) is 27.7 Å². The molecule has 3 aromatic heterocycles. The molecule has 3 heterocycles. The maximum absolute atomic E-state index is 11.9. The monoisotopic (exact) mass is 337 g/mol. The molecular weight excluding hydrogens is 318 g/mol. The van der Waals surface area contributed by atoms with Gasteiger partial charge in [-0.05, 0) is 45.4 Å². The average molecular weight is 337 g/mol. The van der Waals surface area contributed by atoms with Crippen molar-refractivity contribution in [2.75, 3.05) is 0 Å². The second-order valence-corrected chi connectivity index (χ2v) is 6.39. The predicted molar refractivity (Wildman–Crippen MR) is 95.6 cm³/mol. The van der Waals surface area contributed by atoms with Gasteiger partial charge in [0.25, 0.3) is 0 Å². The third kappa shape index (κ3) is 2.23. The molecule has 0 aliphatic carbocycles. The highest BCUT2D eigenvalue weighted by Crippen LogP contribution is 2.37. The SMILES string of the molecule is Cc1noc(C)c1-c1cc(-c2c(C)nn(C)c2C)c2[nH]c(=O)[nH]c2c1. The number of aryl methyl sites for hydroxylation is 4. The van der Waals surface area contributed by atoms with Crippen LogP contribution < -0.4 is 5.69 Å². The van der Waals surface area contributed by atoms with E-state index in [1.54, 1.807) is 0 Å². The van der Waals surface area contributed by atoms with Crippen molar-refractivity contribution in [3.8, 4) is 22.3 Å². The number of H-pyrrole nitrogens is 2. The molecule has 0 saturated carbocycles. The van der Waals surface area contributed by atoms with Gasteiger partial charge in [-0.1, -0.05) is 5.16 Å². The molecule has 0 saturated heterocycles. The maximum atomic E-state index is 11.9. The van der Waals surface area contributed by atoms with Crippen molar-refractivity contribution in [3.05, 3.63) is 45.5 Å². The first-order valence-corrected chi connectivity index (χ1v) is 8.06. The normalized spacial score (nSPS) is 11.6. The summed E-state index contributed by atoms with van der Waals surface area (Å²) in [6.45, 7) is 7.80. The van der Waals surface area contributed by atoms with E-state index in [2.05, 4.69) is 26.3 Å². The molecule has 4 rings (SSSR count). The van der Waals surface area contributed by atoms with Crippen molar-refractivity contribution in [1.29, 1.82) is 0 Å². The van der Waals surface area contributed by atoms with Crippen LogP contribution in [0.15, 0.2) is 21.5 Å². The Balaban J connectivity index is 2.11. The third-order valence-electron chi connectivity index (χ3n) is 4.73. The quantitative estimate of drug-likeness (QED) is 0.588. The Kier molecular flexibility index (Phi) is 3.21. The number of hydrogen-bond donors (Lipinski definition) is 2. The maximum Gasteiger partial charge on any atom is 0.323 e. The fourth-order valence-corrected chi connectivity index (χ4v) is 3.54. The topological polar surface area (TPSA) is 92.5 Å². The lowest BCUT2D eigenvalue weighted by Crippen LogP contribution is -1.99. The summed E-state index contributed by atoms with van der Waals surface area (Å²) in [6.07, 6.45) is 0. The van der Waals surface area contributed by atoms with Crippen LogP contribution in [0.4, 0.5) is 0 Å². The molecule has 25 heavy (non-hydrogen) atoms. The zero-order valence-corrected chi connectivity index (χ0v) is 14.8. The van der Waals surface area contributed by atoms with Crippen LogP contribution in [0.5, 0.6) is 0 Å². The van der Waals surface area contributed by atoms with Crippen LogP contribution in [-0.4, -0.2) is 24.9 Å². The summed E-state index contributed by atoms with van der Waals surface area (Å²) < 4.78 is 7.17. The average Bonchev–Trinajstić information content (AvgIpc) is 3.15. The van der Waals surface area contributed by atoms with Gasteiger partial charge in [0.15, 0.2) is 0 Å². The number of aromatic amines is 2. The minimum Gasteiger partial charge on any atom is -0.361 e. The standard InChI is InChI=1S/C18H19N5O2/c1-8-15(10(3)23(5)21-8)13-6-12(16-9(2)22-25-11(16)4)7-14-17(13)20-18(24)19-14/h6-7H,1-5H3,(H2,19,20,24). The molecule has 1 aromatic carbocycles. The van der Waals surface area contributed by atoms with Gasteiger partial charge in [-0.25, -0.2) is 4.79 Å². The van der Waals surface area contributed by atoms with Gasteiger partial charge in [-0.2, -0.15) is 5.10 Å². The minimum atomic E-state index is -0.230. The third-order valence-corrected chi connectivity index (χ3v) is 4.73. The molecule has 2 N–H and O–H groups in total. The molecule has 7 nitrogen and oxygen atoms in total. The van der Waals surface area contributed by atoms with E-state index in [0.717, 1.165) is 56.1 Å². The van der Waals surface area contributed by atoms with Crippen LogP contribution in [-0.2, 0) is 7.05 Å². The first-order chi connectivity index (χ1) is 11.9. The Morgan fingerprint density at radius 3 is 2.40 bits per heavy atom. The molecule has 0 bridgehead atoms. The van der Waals surface area contributed by atoms with Gasteiger partial charge in [0, 0.05) is 29.4 Å². The van der Waals surface area contributed by atoms with Gasteiger partial charge in [0.05, 0.1) is 22.4 Å². The van der Waals surface area contributed by atoms with Crippen LogP contribution in [0.2, 0.25) is 0 Å². The molecular formula is C18H19N5O2. The van der Waals surface area contributed by atoms with E-state index >= 15 is 0 Å². The van der Waals surface area contributed by atoms with Gasteiger partial charge in [0.2, 0.25) is 0 Å². The Labute approximate surface area is 143 Å². The highest BCUT2D eigenvalue weighted by Gasteiger charge is 2.20. The van der Waals surface area contributed by atoms with Crippen LogP contribution in [0.25, 0.3) is 33.3 Å². The van der Waals surface area contributed by atoms with E-state index in [9.17, 15) is 4.79 Å². The summed E-state index contributed by atoms with van der Waals surface area (Å²) in [5.41, 5.74) is 7.94. The number of nitrogens with one attached hydrogen (secondary N) is 2. The molecule has 0 atom stereocenters. The number of nitrogens with zero attached hydrogens (tertiary/aromatic N) is 3. The van der Waals surface area contributed by atoms with E-state index in [1.807, 2.05) is 45.5 Å². The summed E-state index contributed by atoms with van der Waals surface area (Å²) in [5, 5.41) is 8.56. The van der Waals surface area contributed by atoms with Gasteiger partial charge in [-0.3, -0.25) is 4.68 Å². The molecule has 0 unspecified atom stereocenters. The Morgan fingerprint density at radius 1 is 1.04 bits per heavy atom. The summed E-state index contributed by atoms with van der Waals surface area (Å²) in [6, 6.07) is 4.01. The first kappa shape index (κ1) is 15.4. The Morgan fingerprint density at radius 2 is 1.80 bits per heavy atom. The van der Waals surface area contributed by atoms with Crippen molar-refractivity contribution in [3.63, 3.8) is 0 Å². The zero-order valence-electron chi connectivity index (χ0n) is 14.8. The molecule has 4 aromatic rings. The molecule has 0 spiro atoms. The molecule has 128 valence electrons. The van der Waals surface area contributed by atoms with Crippen molar-refractivity contribution in [1.82, 2.24) is 24.9 Å². The lowest BCUT2D eigenvalue weighted by Gasteiger charge is -2.08. The number of hydrogen-bond acceptors (Lipinski definition) is 4. The van der Waals surface area contributed by atoms with Gasteiger partial charge in [-0.15, -0.1) is 0 Å². The molecule has 0 amide bonds. The zero-order chi connectivity index (χ0) is 17.9. The Hall–Kier alpha value is -3.09. The molecule has 0 fully saturated rings. The van der Waals surface area contributed by atoms with Crippen LogP contribution in [0, 0.1) is 27.7 Å². The number of imidazole rings is 1. The lowest BCUT2D eigenvalue weighted by atomic mass is 9.95. The molecule has 0 aliphatic rings. The summed E-state index contributed by atoms with van der Waals surface area (Å²) >= 11 is 0. The van der Waals surface area contributed by atoms with Gasteiger partial charge in [0.1, 0.15) is 5.76 Å². The van der Waals surface area contributed by atoms with Gasteiger partial charge >= 0.3 is 5.69 Å². The van der Waals surface area contributed by atoms with Gasteiger partial charge < -0.3 is 14.5 Å². The highest BCUT2D eigenvalue weighted by molar-refractivity contribution is 5.97. The second kappa shape index (κ2) is 5.20. The van der Waals surface area contributed by atoms with Crippen molar-refractivity contribution >= 4 is 11.0 Å². The largest absolute Gasteiger partial charge is 0.361 e. The lowest BCUT2D eigenvalue weighted by molar-refractivity contribution is 0.393. The molecule has 0 aliphatic heterocycles.